The Balaban J connectivity index is 1.72. The summed E-state index contributed by atoms with van der Waals surface area (Å²) in [5.41, 5.74) is 2.88. The van der Waals surface area contributed by atoms with Gasteiger partial charge < -0.3 is 9.47 Å². The van der Waals surface area contributed by atoms with Gasteiger partial charge in [-0.15, -0.1) is 0 Å². The number of benzene rings is 3. The fourth-order valence-corrected chi connectivity index (χ4v) is 2.74. The van der Waals surface area contributed by atoms with Gasteiger partial charge in [0, 0.05) is 6.07 Å². The molecule has 3 heteroatoms. The van der Waals surface area contributed by atoms with E-state index in [4.69, 9.17) is 9.47 Å². The van der Waals surface area contributed by atoms with E-state index >= 15 is 0 Å². The van der Waals surface area contributed by atoms with Crippen molar-refractivity contribution in [3.8, 4) is 17.2 Å². The average molecular weight is 350 g/mol. The molecule has 3 aromatic rings. The minimum absolute atomic E-state index is 0.432. The third-order valence-electron chi connectivity index (χ3n) is 4.04. The molecule has 0 aromatic heterocycles. The molecule has 0 fully saturated rings. The van der Waals surface area contributed by atoms with Crippen LogP contribution in [0.4, 0.5) is 4.39 Å². The second-order valence-corrected chi connectivity index (χ2v) is 6.22. The predicted octanol–water partition coefficient (Wildman–Crippen LogP) is 6.48. The van der Waals surface area contributed by atoms with Crippen LogP contribution in [0.15, 0.2) is 72.8 Å². The SMILES string of the molecule is CCCc1ccc(Oc2cc(CF)cc(OCc3ccccc3)c2)cc1. The molecule has 0 aliphatic heterocycles. The molecular formula is C23H23FO2. The van der Waals surface area contributed by atoms with Gasteiger partial charge in [-0.05, 0) is 47.4 Å². The van der Waals surface area contributed by atoms with Crippen molar-refractivity contribution in [2.24, 2.45) is 0 Å². The molecule has 0 saturated heterocycles. The maximum Gasteiger partial charge on any atom is 0.131 e. The van der Waals surface area contributed by atoms with Gasteiger partial charge in [0.15, 0.2) is 0 Å². The van der Waals surface area contributed by atoms with Gasteiger partial charge in [0.25, 0.3) is 0 Å². The highest BCUT2D eigenvalue weighted by atomic mass is 19.1. The number of halogens is 1. The zero-order valence-electron chi connectivity index (χ0n) is 15.0. The standard InChI is InChI=1S/C23H23FO2/c1-2-6-18-9-11-21(12-10-18)26-23-14-20(16-24)13-22(15-23)25-17-19-7-4-3-5-8-19/h3-5,7-15H,2,6,16-17H2,1H3. The third-order valence-corrected chi connectivity index (χ3v) is 4.04. The summed E-state index contributed by atoms with van der Waals surface area (Å²) in [5.74, 6) is 1.91. The Morgan fingerprint density at radius 3 is 2.15 bits per heavy atom. The van der Waals surface area contributed by atoms with Crippen LogP contribution in [0.5, 0.6) is 17.2 Å². The molecule has 0 N–H and O–H groups in total. The van der Waals surface area contributed by atoms with Crippen LogP contribution in [0.1, 0.15) is 30.0 Å². The lowest BCUT2D eigenvalue weighted by Gasteiger charge is -2.12. The van der Waals surface area contributed by atoms with Crippen molar-refractivity contribution in [2.45, 2.75) is 33.0 Å². The fraction of sp³-hybridized carbons (Fsp3) is 0.217. The summed E-state index contributed by atoms with van der Waals surface area (Å²) in [6.45, 7) is 2.03. The van der Waals surface area contributed by atoms with E-state index in [1.807, 2.05) is 42.5 Å². The maximum absolute atomic E-state index is 13.2. The lowest BCUT2D eigenvalue weighted by molar-refractivity contribution is 0.303. The molecule has 0 atom stereocenters. The number of alkyl halides is 1. The van der Waals surface area contributed by atoms with Gasteiger partial charge in [0.1, 0.15) is 30.5 Å². The van der Waals surface area contributed by atoms with E-state index in [0.29, 0.717) is 23.7 Å². The van der Waals surface area contributed by atoms with Gasteiger partial charge in [-0.25, -0.2) is 4.39 Å². The number of hydrogen-bond acceptors (Lipinski definition) is 2. The molecule has 0 unspecified atom stereocenters. The Labute approximate surface area is 154 Å². The largest absolute Gasteiger partial charge is 0.489 e. The summed E-state index contributed by atoms with van der Waals surface area (Å²) in [6, 6.07) is 23.1. The first-order valence-electron chi connectivity index (χ1n) is 8.90. The van der Waals surface area contributed by atoms with E-state index in [9.17, 15) is 4.39 Å². The van der Waals surface area contributed by atoms with Crippen molar-refractivity contribution in [1.29, 1.82) is 0 Å². The van der Waals surface area contributed by atoms with Crippen LogP contribution in [-0.4, -0.2) is 0 Å². The monoisotopic (exact) mass is 350 g/mol. The molecule has 26 heavy (non-hydrogen) atoms. The van der Waals surface area contributed by atoms with Gasteiger partial charge in [-0.3, -0.25) is 0 Å². The van der Waals surface area contributed by atoms with Crippen LogP contribution in [-0.2, 0) is 19.7 Å². The van der Waals surface area contributed by atoms with Crippen LogP contribution in [0.3, 0.4) is 0 Å². The topological polar surface area (TPSA) is 18.5 Å². The van der Waals surface area contributed by atoms with Gasteiger partial charge >= 0.3 is 0 Å². The molecule has 0 amide bonds. The molecule has 0 aliphatic carbocycles. The first-order valence-corrected chi connectivity index (χ1v) is 8.90. The van der Waals surface area contributed by atoms with Crippen LogP contribution in [0.2, 0.25) is 0 Å². The predicted molar refractivity (Wildman–Crippen MR) is 103 cm³/mol. The van der Waals surface area contributed by atoms with Crippen LogP contribution >= 0.6 is 0 Å². The highest BCUT2D eigenvalue weighted by molar-refractivity contribution is 5.41. The number of ether oxygens (including phenoxy) is 2. The van der Waals surface area contributed by atoms with Crippen molar-refractivity contribution in [3.05, 3.63) is 89.5 Å². The van der Waals surface area contributed by atoms with Gasteiger partial charge in [0.2, 0.25) is 0 Å². The van der Waals surface area contributed by atoms with Crippen LogP contribution < -0.4 is 9.47 Å². The van der Waals surface area contributed by atoms with E-state index in [1.54, 1.807) is 18.2 Å². The van der Waals surface area contributed by atoms with Gasteiger partial charge in [-0.1, -0.05) is 55.8 Å². The smallest absolute Gasteiger partial charge is 0.131 e. The summed E-state index contributed by atoms with van der Waals surface area (Å²) in [7, 11) is 0. The molecule has 0 radical (unpaired) electrons. The van der Waals surface area contributed by atoms with E-state index in [1.165, 1.54) is 5.56 Å². The molecule has 0 saturated carbocycles. The number of hydrogen-bond donors (Lipinski definition) is 0. The van der Waals surface area contributed by atoms with E-state index < -0.39 is 6.67 Å². The minimum Gasteiger partial charge on any atom is -0.489 e. The molecule has 0 spiro atoms. The summed E-state index contributed by atoms with van der Waals surface area (Å²) in [4.78, 5) is 0. The molecule has 2 nitrogen and oxygen atoms in total. The molecule has 0 heterocycles. The van der Waals surface area contributed by atoms with E-state index in [-0.39, 0.29) is 0 Å². The van der Waals surface area contributed by atoms with Crippen molar-refractivity contribution in [3.63, 3.8) is 0 Å². The Morgan fingerprint density at radius 2 is 1.46 bits per heavy atom. The number of rotatable bonds is 8. The fourth-order valence-electron chi connectivity index (χ4n) is 2.74. The zero-order valence-corrected chi connectivity index (χ0v) is 15.0. The second kappa shape index (κ2) is 9.04. The Bertz CT molecular complexity index is 813. The Morgan fingerprint density at radius 1 is 0.731 bits per heavy atom. The van der Waals surface area contributed by atoms with Crippen molar-refractivity contribution in [1.82, 2.24) is 0 Å². The molecule has 0 bridgehead atoms. The summed E-state index contributed by atoms with van der Waals surface area (Å²) < 4.78 is 24.9. The highest BCUT2D eigenvalue weighted by Gasteiger charge is 2.06. The molecule has 0 aliphatic rings. The second-order valence-electron chi connectivity index (χ2n) is 6.22. The summed E-state index contributed by atoms with van der Waals surface area (Å²) >= 11 is 0. The lowest BCUT2D eigenvalue weighted by atomic mass is 10.1. The first-order chi connectivity index (χ1) is 12.8. The molecule has 134 valence electrons. The molecular weight excluding hydrogens is 327 g/mol. The summed E-state index contributed by atoms with van der Waals surface area (Å²) in [6.07, 6.45) is 2.16. The first kappa shape index (κ1) is 18.0. The molecule has 3 aromatic carbocycles. The van der Waals surface area contributed by atoms with E-state index in [2.05, 4.69) is 19.1 Å². The minimum atomic E-state index is -0.561. The van der Waals surface area contributed by atoms with Gasteiger partial charge in [0.05, 0.1) is 0 Å². The van der Waals surface area contributed by atoms with Crippen molar-refractivity contribution >= 4 is 0 Å². The highest BCUT2D eigenvalue weighted by Crippen LogP contribution is 2.28. The summed E-state index contributed by atoms with van der Waals surface area (Å²) in [5, 5.41) is 0. The maximum atomic E-state index is 13.2. The van der Waals surface area contributed by atoms with Gasteiger partial charge in [-0.2, -0.15) is 0 Å². The van der Waals surface area contributed by atoms with Crippen LogP contribution in [0.25, 0.3) is 0 Å². The quantitative estimate of drug-likeness (QED) is 0.463. The Kier molecular flexibility index (Phi) is 6.26. The molecule has 3 rings (SSSR count). The number of aryl methyl sites for hydroxylation is 1. The van der Waals surface area contributed by atoms with Crippen LogP contribution in [0, 0.1) is 0 Å². The zero-order chi connectivity index (χ0) is 18.2. The normalized spacial score (nSPS) is 10.5. The van der Waals surface area contributed by atoms with E-state index in [0.717, 1.165) is 24.2 Å². The third kappa shape index (κ3) is 5.09. The van der Waals surface area contributed by atoms with Crippen molar-refractivity contribution in [2.75, 3.05) is 0 Å². The van der Waals surface area contributed by atoms with Crippen molar-refractivity contribution < 1.29 is 13.9 Å². The Hall–Kier alpha value is -2.81. The lowest BCUT2D eigenvalue weighted by Crippen LogP contribution is -1.96. The average Bonchev–Trinajstić information content (AvgIpc) is 2.69.